The summed E-state index contributed by atoms with van der Waals surface area (Å²) in [6, 6.07) is 3.90. The van der Waals surface area contributed by atoms with Crippen LogP contribution in [-0.4, -0.2) is 12.9 Å². The molecule has 0 fully saturated rings. The lowest BCUT2D eigenvalue weighted by molar-refractivity contribution is -0.118. The Labute approximate surface area is 173 Å². The number of nitrogen functional groups attached to an aromatic ring is 1. The van der Waals surface area contributed by atoms with Crippen LogP contribution in [-0.2, 0) is 4.79 Å². The smallest absolute Gasteiger partial charge is 0.137 e. The van der Waals surface area contributed by atoms with Crippen molar-refractivity contribution < 1.29 is 9.53 Å². The topological polar surface area (TPSA) is 52.3 Å². The fraction of sp³-hybridized carbons (Fsp3) is 0.720. The predicted molar refractivity (Wildman–Crippen MR) is 121 cm³/mol. The molecule has 0 saturated heterocycles. The normalized spacial score (nSPS) is 12.1. The van der Waals surface area contributed by atoms with Crippen molar-refractivity contribution in [2.45, 2.75) is 110 Å². The van der Waals surface area contributed by atoms with E-state index in [-0.39, 0.29) is 11.7 Å². The minimum Gasteiger partial charge on any atom is -0.496 e. The molecule has 0 spiro atoms. The third-order valence-electron chi connectivity index (χ3n) is 5.93. The van der Waals surface area contributed by atoms with E-state index in [9.17, 15) is 4.79 Å². The van der Waals surface area contributed by atoms with Gasteiger partial charge in [0.15, 0.2) is 0 Å². The number of benzene rings is 1. The van der Waals surface area contributed by atoms with Gasteiger partial charge >= 0.3 is 0 Å². The number of ether oxygens (including phenoxy) is 1. The molecule has 2 N–H and O–H groups in total. The first kappa shape index (κ1) is 24.5. The Morgan fingerprint density at radius 1 is 0.929 bits per heavy atom. The van der Waals surface area contributed by atoms with Crippen LogP contribution >= 0.6 is 0 Å². The first-order chi connectivity index (χ1) is 13.5. The van der Waals surface area contributed by atoms with E-state index in [1.165, 1.54) is 70.6 Å². The second kappa shape index (κ2) is 14.5. The van der Waals surface area contributed by atoms with Crippen molar-refractivity contribution in [1.29, 1.82) is 0 Å². The van der Waals surface area contributed by atoms with E-state index in [0.717, 1.165) is 29.7 Å². The van der Waals surface area contributed by atoms with Gasteiger partial charge in [-0.05, 0) is 31.9 Å². The number of anilines is 1. The van der Waals surface area contributed by atoms with Crippen LogP contribution < -0.4 is 10.5 Å². The Hall–Kier alpha value is -1.51. The zero-order chi connectivity index (χ0) is 20.8. The molecule has 28 heavy (non-hydrogen) atoms. The Morgan fingerprint density at radius 2 is 1.43 bits per heavy atom. The first-order valence-electron chi connectivity index (χ1n) is 11.5. The van der Waals surface area contributed by atoms with Crippen molar-refractivity contribution in [3.8, 4) is 5.75 Å². The van der Waals surface area contributed by atoms with Crippen LogP contribution in [0.1, 0.15) is 114 Å². The molecule has 0 bridgehead atoms. The first-order valence-corrected chi connectivity index (χ1v) is 11.5. The summed E-state index contributed by atoms with van der Waals surface area (Å²) in [7, 11) is 1.65. The zero-order valence-corrected chi connectivity index (χ0v) is 18.8. The van der Waals surface area contributed by atoms with Crippen LogP contribution in [0, 0.1) is 6.92 Å². The maximum atomic E-state index is 12.2. The monoisotopic (exact) mass is 389 g/mol. The molecule has 3 nitrogen and oxygen atoms in total. The lowest BCUT2D eigenvalue weighted by Gasteiger charge is -2.19. The molecule has 0 aromatic heterocycles. The van der Waals surface area contributed by atoms with E-state index >= 15 is 0 Å². The fourth-order valence-electron chi connectivity index (χ4n) is 4.02. The molecular weight excluding hydrogens is 346 g/mol. The van der Waals surface area contributed by atoms with Crippen LogP contribution in [0.15, 0.2) is 12.1 Å². The number of methoxy groups -OCH3 is 1. The second-order valence-electron chi connectivity index (χ2n) is 8.24. The van der Waals surface area contributed by atoms with Crippen molar-refractivity contribution in [1.82, 2.24) is 0 Å². The average molecular weight is 390 g/mol. The summed E-state index contributed by atoms with van der Waals surface area (Å²) in [6.45, 7) is 5.91. The maximum absolute atomic E-state index is 12.2. The Morgan fingerprint density at radius 3 is 1.89 bits per heavy atom. The molecule has 0 amide bonds. The van der Waals surface area contributed by atoms with E-state index in [0.29, 0.717) is 5.69 Å². The largest absolute Gasteiger partial charge is 0.496 e. The minimum atomic E-state index is -0.0901. The molecule has 1 aromatic carbocycles. The SMILES string of the molecule is CCCCCCCCCCCCCCC(C(C)=O)c1ccc(OC)c(C)c1N. The molecule has 0 heterocycles. The molecule has 0 aliphatic carbocycles. The van der Waals surface area contributed by atoms with Gasteiger partial charge in [-0.1, -0.05) is 90.0 Å². The fourth-order valence-corrected chi connectivity index (χ4v) is 4.02. The molecule has 0 aliphatic heterocycles. The molecule has 160 valence electrons. The van der Waals surface area contributed by atoms with Crippen LogP contribution in [0.2, 0.25) is 0 Å². The van der Waals surface area contributed by atoms with Gasteiger partial charge in [-0.3, -0.25) is 4.79 Å². The number of hydrogen-bond acceptors (Lipinski definition) is 3. The van der Waals surface area contributed by atoms with Crippen LogP contribution in [0.3, 0.4) is 0 Å². The zero-order valence-electron chi connectivity index (χ0n) is 18.8. The van der Waals surface area contributed by atoms with Gasteiger partial charge in [0.25, 0.3) is 0 Å². The quantitative estimate of drug-likeness (QED) is 0.237. The summed E-state index contributed by atoms with van der Waals surface area (Å²) >= 11 is 0. The number of hydrogen-bond donors (Lipinski definition) is 1. The number of rotatable bonds is 16. The van der Waals surface area contributed by atoms with Gasteiger partial charge in [-0.15, -0.1) is 0 Å². The molecule has 1 rings (SSSR count). The molecular formula is C25H43NO2. The van der Waals surface area contributed by atoms with Crippen LogP contribution in [0.5, 0.6) is 5.75 Å². The van der Waals surface area contributed by atoms with Gasteiger partial charge in [0.05, 0.1) is 7.11 Å². The molecule has 0 saturated carbocycles. The third kappa shape index (κ3) is 8.67. The number of ketones is 1. The van der Waals surface area contributed by atoms with Gasteiger partial charge in [-0.25, -0.2) is 0 Å². The predicted octanol–water partition coefficient (Wildman–Crippen LogP) is 7.35. The van der Waals surface area contributed by atoms with E-state index in [4.69, 9.17) is 10.5 Å². The van der Waals surface area contributed by atoms with Crippen LogP contribution in [0.4, 0.5) is 5.69 Å². The molecule has 0 aliphatic rings. The molecule has 1 aromatic rings. The van der Waals surface area contributed by atoms with E-state index in [2.05, 4.69) is 6.92 Å². The number of unbranched alkanes of at least 4 members (excludes halogenated alkanes) is 11. The van der Waals surface area contributed by atoms with Crippen molar-refractivity contribution in [3.63, 3.8) is 0 Å². The number of Topliss-reactive ketones (excluding diaryl/α,β-unsaturated/α-hetero) is 1. The van der Waals surface area contributed by atoms with Crippen LogP contribution in [0.25, 0.3) is 0 Å². The summed E-state index contributed by atoms with van der Waals surface area (Å²) in [5, 5.41) is 0. The maximum Gasteiger partial charge on any atom is 0.137 e. The van der Waals surface area contributed by atoms with Gasteiger partial charge in [0.1, 0.15) is 11.5 Å². The van der Waals surface area contributed by atoms with E-state index < -0.39 is 0 Å². The van der Waals surface area contributed by atoms with Gasteiger partial charge in [-0.2, -0.15) is 0 Å². The van der Waals surface area contributed by atoms with E-state index in [1.807, 2.05) is 19.1 Å². The number of carbonyl (C=O) groups excluding carboxylic acids is 1. The summed E-state index contributed by atoms with van der Waals surface area (Å²) < 4.78 is 5.33. The highest BCUT2D eigenvalue weighted by Crippen LogP contribution is 2.34. The average Bonchev–Trinajstić information content (AvgIpc) is 2.68. The van der Waals surface area contributed by atoms with Crippen molar-refractivity contribution in [2.24, 2.45) is 0 Å². The standard InChI is InChI=1S/C25H43NO2/c1-5-6-7-8-9-10-11-12-13-14-15-16-17-22(21(3)27)23-18-19-24(28-4)20(2)25(23)26/h18-19,22H,5-17,26H2,1-4H3. The summed E-state index contributed by atoms with van der Waals surface area (Å²) in [6.07, 6.45) is 16.9. The molecule has 0 radical (unpaired) electrons. The summed E-state index contributed by atoms with van der Waals surface area (Å²) in [4.78, 5) is 12.2. The lowest BCUT2D eigenvalue weighted by Crippen LogP contribution is -2.12. The van der Waals surface area contributed by atoms with Crippen molar-refractivity contribution >= 4 is 11.5 Å². The number of carbonyl (C=O) groups is 1. The molecule has 3 heteroatoms. The highest BCUT2D eigenvalue weighted by molar-refractivity contribution is 5.85. The minimum absolute atomic E-state index is 0.0901. The second-order valence-corrected chi connectivity index (χ2v) is 8.24. The lowest BCUT2D eigenvalue weighted by atomic mass is 9.87. The molecule has 1 unspecified atom stereocenters. The third-order valence-corrected chi connectivity index (χ3v) is 5.93. The van der Waals surface area contributed by atoms with Gasteiger partial charge < -0.3 is 10.5 Å². The highest BCUT2D eigenvalue weighted by Gasteiger charge is 2.20. The Balaban J connectivity index is 2.27. The summed E-state index contributed by atoms with van der Waals surface area (Å²) in [5.41, 5.74) is 8.91. The Kier molecular flexibility index (Phi) is 12.7. The highest BCUT2D eigenvalue weighted by atomic mass is 16.5. The van der Waals surface area contributed by atoms with Crippen molar-refractivity contribution in [2.75, 3.05) is 12.8 Å². The Bertz CT molecular complexity index is 568. The summed E-state index contributed by atoms with van der Waals surface area (Å²) in [5.74, 6) is 0.904. The van der Waals surface area contributed by atoms with E-state index in [1.54, 1.807) is 14.0 Å². The number of nitrogens with two attached hydrogens (primary N) is 1. The molecule has 1 atom stereocenters. The van der Waals surface area contributed by atoms with Crippen molar-refractivity contribution in [3.05, 3.63) is 23.3 Å². The van der Waals surface area contributed by atoms with Gasteiger partial charge in [0.2, 0.25) is 0 Å². The van der Waals surface area contributed by atoms with Gasteiger partial charge in [0, 0.05) is 17.2 Å².